The Bertz CT molecular complexity index is 838. The van der Waals surface area contributed by atoms with Crippen LogP contribution in [0.15, 0.2) is 41.0 Å². The molecule has 0 amide bonds. The summed E-state index contributed by atoms with van der Waals surface area (Å²) in [4.78, 5) is 13.6. The Hall–Kier alpha value is -2.01. The molecule has 1 fully saturated rings. The zero-order chi connectivity index (χ0) is 14.4. The van der Waals surface area contributed by atoms with Gasteiger partial charge < -0.3 is 5.73 Å². The Kier molecular flexibility index (Phi) is 2.89. The van der Waals surface area contributed by atoms with Crippen molar-refractivity contribution >= 4 is 32.7 Å². The van der Waals surface area contributed by atoms with E-state index >= 15 is 0 Å². The number of fused-ring (bicyclic) bond motifs is 1. The normalized spacial score (nSPS) is 14.5. The summed E-state index contributed by atoms with van der Waals surface area (Å²) in [6.45, 7) is 0. The lowest BCUT2D eigenvalue weighted by atomic mass is 10.1. The molecule has 4 rings (SSSR count). The molecule has 2 N–H and O–H groups in total. The Morgan fingerprint density at radius 1 is 1.10 bits per heavy atom. The van der Waals surface area contributed by atoms with Crippen LogP contribution in [0.4, 0.5) is 5.82 Å². The largest absolute Gasteiger partial charge is 0.383 e. The van der Waals surface area contributed by atoms with Crippen LogP contribution in [0.2, 0.25) is 0 Å². The number of rotatable bonds is 2. The van der Waals surface area contributed by atoms with Crippen molar-refractivity contribution in [2.75, 3.05) is 5.73 Å². The Balaban J connectivity index is 1.96. The highest BCUT2D eigenvalue weighted by Gasteiger charge is 2.29. The van der Waals surface area contributed by atoms with Crippen molar-refractivity contribution < 1.29 is 0 Å². The first-order valence-corrected chi connectivity index (χ1v) is 7.70. The third-order valence-corrected chi connectivity index (χ3v) is 4.57. The predicted octanol–water partition coefficient (Wildman–Crippen LogP) is 3.91. The summed E-state index contributed by atoms with van der Waals surface area (Å²) in [5.74, 6) is 1.69. The van der Waals surface area contributed by atoms with Crippen LogP contribution in [0.5, 0.6) is 0 Å². The Labute approximate surface area is 130 Å². The van der Waals surface area contributed by atoms with Crippen molar-refractivity contribution in [2.45, 2.75) is 18.8 Å². The number of anilines is 1. The lowest BCUT2D eigenvalue weighted by Crippen LogP contribution is -2.02. The number of aromatic nitrogens is 3. The third-order valence-electron chi connectivity index (χ3n) is 3.76. The molecule has 1 aliphatic rings. The molecule has 0 unspecified atom stereocenters. The molecule has 0 atom stereocenters. The van der Waals surface area contributed by atoms with Crippen molar-refractivity contribution in [1.29, 1.82) is 0 Å². The number of pyridine rings is 1. The molecule has 0 saturated heterocycles. The summed E-state index contributed by atoms with van der Waals surface area (Å²) in [7, 11) is 0. The molecule has 0 spiro atoms. The fourth-order valence-corrected chi connectivity index (χ4v) is 3.02. The molecule has 5 heteroatoms. The van der Waals surface area contributed by atoms with E-state index in [-0.39, 0.29) is 0 Å². The van der Waals surface area contributed by atoms with Crippen LogP contribution in [0, 0.1) is 0 Å². The molecule has 1 aromatic carbocycles. The lowest BCUT2D eigenvalue weighted by Gasteiger charge is -2.10. The first kappa shape index (κ1) is 12.7. The molecular formula is C16H13BrN4. The van der Waals surface area contributed by atoms with Crippen molar-refractivity contribution in [3.8, 4) is 11.4 Å². The van der Waals surface area contributed by atoms with E-state index in [1.807, 2.05) is 30.3 Å². The van der Waals surface area contributed by atoms with E-state index in [0.717, 1.165) is 26.6 Å². The van der Waals surface area contributed by atoms with Gasteiger partial charge in [0.1, 0.15) is 5.82 Å². The number of nitrogen functional groups attached to an aromatic ring is 1. The van der Waals surface area contributed by atoms with Gasteiger partial charge >= 0.3 is 0 Å². The number of hydrogen-bond donors (Lipinski definition) is 1. The van der Waals surface area contributed by atoms with E-state index in [4.69, 9.17) is 10.7 Å². The summed E-state index contributed by atoms with van der Waals surface area (Å²) in [6, 6.07) is 9.95. The van der Waals surface area contributed by atoms with Gasteiger partial charge in [0, 0.05) is 23.1 Å². The molecule has 1 aliphatic carbocycles. The van der Waals surface area contributed by atoms with E-state index in [0.29, 0.717) is 17.6 Å². The highest BCUT2D eigenvalue weighted by Crippen LogP contribution is 2.44. The smallest absolute Gasteiger partial charge is 0.162 e. The number of para-hydroxylation sites is 1. The van der Waals surface area contributed by atoms with Crippen molar-refractivity contribution in [3.63, 3.8) is 0 Å². The molecule has 2 heterocycles. The molecule has 0 radical (unpaired) electrons. The van der Waals surface area contributed by atoms with Crippen LogP contribution in [0.3, 0.4) is 0 Å². The minimum atomic E-state index is 0.503. The van der Waals surface area contributed by atoms with Gasteiger partial charge in [0.15, 0.2) is 5.82 Å². The molecule has 3 aromatic rings. The van der Waals surface area contributed by atoms with Crippen molar-refractivity contribution in [2.24, 2.45) is 0 Å². The third kappa shape index (κ3) is 2.17. The molecule has 104 valence electrons. The summed E-state index contributed by atoms with van der Waals surface area (Å²) in [5.41, 5.74) is 8.99. The SMILES string of the molecule is Nc1nc(-c2ccnc3ccccc23)nc(C2CC2)c1Br. The zero-order valence-corrected chi connectivity index (χ0v) is 12.8. The first-order chi connectivity index (χ1) is 10.2. The number of halogens is 1. The Morgan fingerprint density at radius 3 is 2.71 bits per heavy atom. The van der Waals surface area contributed by atoms with Gasteiger partial charge in [0.2, 0.25) is 0 Å². The van der Waals surface area contributed by atoms with Gasteiger partial charge in [-0.3, -0.25) is 4.98 Å². The maximum atomic E-state index is 6.05. The van der Waals surface area contributed by atoms with Gasteiger partial charge in [0.25, 0.3) is 0 Å². The standard InChI is InChI=1S/C16H13BrN4/c17-13-14(9-5-6-9)20-16(21-15(13)18)11-7-8-19-12-4-2-1-3-10(11)12/h1-4,7-9H,5-6H2,(H2,18,20,21). The molecule has 0 aliphatic heterocycles. The molecule has 0 bridgehead atoms. The minimum Gasteiger partial charge on any atom is -0.383 e. The van der Waals surface area contributed by atoms with E-state index < -0.39 is 0 Å². The Morgan fingerprint density at radius 2 is 1.90 bits per heavy atom. The lowest BCUT2D eigenvalue weighted by molar-refractivity contribution is 0.985. The molecule has 4 nitrogen and oxygen atoms in total. The predicted molar refractivity (Wildman–Crippen MR) is 86.9 cm³/mol. The topological polar surface area (TPSA) is 64.7 Å². The van der Waals surface area contributed by atoms with Crippen molar-refractivity contribution in [3.05, 3.63) is 46.7 Å². The van der Waals surface area contributed by atoms with Gasteiger partial charge in [-0.25, -0.2) is 9.97 Å². The number of benzene rings is 1. The molecule has 1 saturated carbocycles. The van der Waals surface area contributed by atoms with Crippen molar-refractivity contribution in [1.82, 2.24) is 15.0 Å². The summed E-state index contributed by atoms with van der Waals surface area (Å²) in [5, 5.41) is 1.04. The van der Waals surface area contributed by atoms with Gasteiger partial charge in [-0.05, 0) is 40.9 Å². The average molecular weight is 341 g/mol. The molecule has 21 heavy (non-hydrogen) atoms. The van der Waals surface area contributed by atoms with E-state index in [2.05, 4.69) is 25.9 Å². The summed E-state index contributed by atoms with van der Waals surface area (Å²) >= 11 is 3.51. The quantitative estimate of drug-likeness (QED) is 0.767. The van der Waals surface area contributed by atoms with Crippen LogP contribution < -0.4 is 5.73 Å². The second kappa shape index (κ2) is 4.77. The average Bonchev–Trinajstić information content (AvgIpc) is 3.34. The molecule has 2 aromatic heterocycles. The van der Waals surface area contributed by atoms with Crippen LogP contribution in [-0.4, -0.2) is 15.0 Å². The first-order valence-electron chi connectivity index (χ1n) is 6.91. The number of nitrogens with zero attached hydrogens (tertiary/aromatic N) is 3. The fourth-order valence-electron chi connectivity index (χ4n) is 2.52. The monoisotopic (exact) mass is 340 g/mol. The second-order valence-electron chi connectivity index (χ2n) is 5.28. The minimum absolute atomic E-state index is 0.503. The maximum absolute atomic E-state index is 6.05. The maximum Gasteiger partial charge on any atom is 0.162 e. The van der Waals surface area contributed by atoms with Crippen LogP contribution in [-0.2, 0) is 0 Å². The van der Waals surface area contributed by atoms with Gasteiger partial charge in [-0.2, -0.15) is 0 Å². The van der Waals surface area contributed by atoms with Gasteiger partial charge in [0.05, 0.1) is 15.7 Å². The van der Waals surface area contributed by atoms with Gasteiger partial charge in [-0.15, -0.1) is 0 Å². The summed E-state index contributed by atoms with van der Waals surface area (Å²) < 4.78 is 0.840. The van der Waals surface area contributed by atoms with Crippen LogP contribution in [0.1, 0.15) is 24.5 Å². The van der Waals surface area contributed by atoms with E-state index in [9.17, 15) is 0 Å². The van der Waals surface area contributed by atoms with Crippen LogP contribution >= 0.6 is 15.9 Å². The second-order valence-corrected chi connectivity index (χ2v) is 6.07. The van der Waals surface area contributed by atoms with E-state index in [1.54, 1.807) is 6.20 Å². The number of nitrogens with two attached hydrogens (primary N) is 1. The highest BCUT2D eigenvalue weighted by molar-refractivity contribution is 9.10. The van der Waals surface area contributed by atoms with Gasteiger partial charge in [-0.1, -0.05) is 18.2 Å². The summed E-state index contributed by atoms with van der Waals surface area (Å²) in [6.07, 6.45) is 4.13. The molecular weight excluding hydrogens is 328 g/mol. The fraction of sp³-hybridized carbons (Fsp3) is 0.188. The van der Waals surface area contributed by atoms with Crippen LogP contribution in [0.25, 0.3) is 22.3 Å². The van der Waals surface area contributed by atoms with E-state index in [1.165, 1.54) is 12.8 Å². The zero-order valence-electron chi connectivity index (χ0n) is 11.3. The highest BCUT2D eigenvalue weighted by atomic mass is 79.9. The number of hydrogen-bond acceptors (Lipinski definition) is 4.